The Morgan fingerprint density at radius 2 is 2.08 bits per heavy atom. The van der Waals surface area contributed by atoms with Crippen LogP contribution < -0.4 is 5.32 Å². The van der Waals surface area contributed by atoms with Crippen LogP contribution in [0.2, 0.25) is 0 Å². The molecular formula is C22H31NO. The van der Waals surface area contributed by atoms with Gasteiger partial charge in [-0.15, -0.1) is 0 Å². The number of allylic oxidation sites excluding steroid dienone is 4. The lowest BCUT2D eigenvalue weighted by atomic mass is 9.95. The molecule has 1 N–H and O–H groups in total. The van der Waals surface area contributed by atoms with Crippen LogP contribution >= 0.6 is 0 Å². The molecule has 1 fully saturated rings. The zero-order chi connectivity index (χ0) is 17.2. The second-order valence-corrected chi connectivity index (χ2v) is 6.81. The smallest absolute Gasteiger partial charge is 0.125 e. The third-order valence-corrected chi connectivity index (χ3v) is 4.29. The minimum absolute atomic E-state index is 0.0600. The van der Waals surface area contributed by atoms with Crippen molar-refractivity contribution in [2.45, 2.75) is 51.7 Å². The van der Waals surface area contributed by atoms with Gasteiger partial charge in [0.1, 0.15) is 11.9 Å². The van der Waals surface area contributed by atoms with E-state index < -0.39 is 0 Å². The number of rotatable bonds is 8. The maximum absolute atomic E-state index is 6.39. The third-order valence-electron chi connectivity index (χ3n) is 4.29. The van der Waals surface area contributed by atoms with Crippen LogP contribution in [0.3, 0.4) is 0 Å². The highest BCUT2D eigenvalue weighted by Gasteiger charge is 2.21. The first kappa shape index (κ1) is 18.5. The SMILES string of the molecule is C=C/C=C(\C=C/C(C)C)OC(C[C@H]1CCCCN1)c1ccccc1. The fraction of sp³-hybridized carbons (Fsp3) is 0.455. The van der Waals surface area contributed by atoms with E-state index in [4.69, 9.17) is 4.74 Å². The number of hydrogen-bond donors (Lipinski definition) is 1. The summed E-state index contributed by atoms with van der Waals surface area (Å²) in [6.07, 6.45) is 12.8. The zero-order valence-corrected chi connectivity index (χ0v) is 15.1. The van der Waals surface area contributed by atoms with Crippen LogP contribution in [0.25, 0.3) is 0 Å². The zero-order valence-electron chi connectivity index (χ0n) is 15.1. The molecule has 1 aromatic carbocycles. The summed E-state index contributed by atoms with van der Waals surface area (Å²) < 4.78 is 6.39. The molecule has 0 amide bonds. The molecule has 0 spiro atoms. The number of nitrogens with one attached hydrogen (secondary N) is 1. The van der Waals surface area contributed by atoms with Crippen LogP contribution in [0.5, 0.6) is 0 Å². The Kier molecular flexibility index (Phi) is 7.84. The molecule has 1 heterocycles. The predicted octanol–water partition coefficient (Wildman–Crippen LogP) is 5.56. The first-order chi connectivity index (χ1) is 11.7. The van der Waals surface area contributed by atoms with E-state index in [2.05, 4.69) is 68.2 Å². The Hall–Kier alpha value is -1.80. The van der Waals surface area contributed by atoms with Crippen molar-refractivity contribution in [3.05, 3.63) is 72.5 Å². The van der Waals surface area contributed by atoms with Crippen LogP contribution in [-0.4, -0.2) is 12.6 Å². The molecule has 1 aliphatic heterocycles. The maximum Gasteiger partial charge on any atom is 0.125 e. The van der Waals surface area contributed by atoms with E-state index in [-0.39, 0.29) is 6.10 Å². The van der Waals surface area contributed by atoms with Gasteiger partial charge in [0.25, 0.3) is 0 Å². The van der Waals surface area contributed by atoms with Gasteiger partial charge in [0.05, 0.1) is 0 Å². The number of piperidine rings is 1. The first-order valence-corrected chi connectivity index (χ1v) is 9.15. The molecule has 0 radical (unpaired) electrons. The molecule has 2 atom stereocenters. The van der Waals surface area contributed by atoms with Crippen LogP contribution in [0, 0.1) is 5.92 Å². The number of hydrogen-bond acceptors (Lipinski definition) is 2. The lowest BCUT2D eigenvalue weighted by molar-refractivity contribution is 0.102. The Bertz CT molecular complexity index is 538. The van der Waals surface area contributed by atoms with Crippen molar-refractivity contribution in [2.24, 2.45) is 5.92 Å². The molecule has 2 rings (SSSR count). The van der Waals surface area contributed by atoms with Crippen molar-refractivity contribution in [3.8, 4) is 0 Å². The Morgan fingerprint density at radius 1 is 1.29 bits per heavy atom. The molecular weight excluding hydrogens is 294 g/mol. The summed E-state index contributed by atoms with van der Waals surface area (Å²) in [4.78, 5) is 0. The minimum Gasteiger partial charge on any atom is -0.486 e. The van der Waals surface area contributed by atoms with Crippen LogP contribution in [0.4, 0.5) is 0 Å². The number of benzene rings is 1. The lowest BCUT2D eigenvalue weighted by Crippen LogP contribution is -2.35. The monoisotopic (exact) mass is 325 g/mol. The molecule has 1 saturated heterocycles. The van der Waals surface area contributed by atoms with Crippen LogP contribution in [0.15, 0.2) is 67.0 Å². The molecule has 0 aromatic heterocycles. The van der Waals surface area contributed by atoms with Gasteiger partial charge in [-0.2, -0.15) is 0 Å². The molecule has 1 unspecified atom stereocenters. The molecule has 2 heteroatoms. The highest BCUT2D eigenvalue weighted by molar-refractivity contribution is 5.22. The van der Waals surface area contributed by atoms with Crippen molar-refractivity contribution >= 4 is 0 Å². The van der Waals surface area contributed by atoms with Crippen molar-refractivity contribution < 1.29 is 4.74 Å². The molecule has 130 valence electrons. The Balaban J connectivity index is 2.14. The van der Waals surface area contributed by atoms with E-state index in [1.165, 1.54) is 24.8 Å². The first-order valence-electron chi connectivity index (χ1n) is 9.15. The van der Waals surface area contributed by atoms with Gasteiger partial charge in [-0.25, -0.2) is 0 Å². The van der Waals surface area contributed by atoms with Crippen molar-refractivity contribution in [1.82, 2.24) is 5.32 Å². The van der Waals surface area contributed by atoms with Gasteiger partial charge < -0.3 is 10.1 Å². The highest BCUT2D eigenvalue weighted by Crippen LogP contribution is 2.28. The van der Waals surface area contributed by atoms with Gasteiger partial charge in [-0.1, -0.05) is 69.3 Å². The molecule has 0 aliphatic carbocycles. The normalized spacial score (nSPS) is 20.3. The van der Waals surface area contributed by atoms with Gasteiger partial charge in [-0.3, -0.25) is 0 Å². The highest BCUT2D eigenvalue weighted by atomic mass is 16.5. The molecule has 1 aliphatic rings. The summed E-state index contributed by atoms with van der Waals surface area (Å²) in [6, 6.07) is 11.1. The number of ether oxygens (including phenoxy) is 1. The average Bonchev–Trinajstić information content (AvgIpc) is 2.61. The Labute approximate surface area is 147 Å². The summed E-state index contributed by atoms with van der Waals surface area (Å²) in [5, 5.41) is 3.64. The molecule has 0 bridgehead atoms. The van der Waals surface area contributed by atoms with Crippen molar-refractivity contribution in [2.75, 3.05) is 6.54 Å². The minimum atomic E-state index is 0.0600. The van der Waals surface area contributed by atoms with Gasteiger partial charge in [0, 0.05) is 12.5 Å². The molecule has 24 heavy (non-hydrogen) atoms. The summed E-state index contributed by atoms with van der Waals surface area (Å²) in [7, 11) is 0. The quantitative estimate of drug-likeness (QED) is 0.499. The van der Waals surface area contributed by atoms with Gasteiger partial charge in [-0.05, 0) is 43.0 Å². The van der Waals surface area contributed by atoms with Gasteiger partial charge >= 0.3 is 0 Å². The fourth-order valence-corrected chi connectivity index (χ4v) is 3.01. The topological polar surface area (TPSA) is 21.3 Å². The van der Waals surface area contributed by atoms with Crippen molar-refractivity contribution in [1.29, 1.82) is 0 Å². The fourth-order valence-electron chi connectivity index (χ4n) is 3.01. The average molecular weight is 325 g/mol. The van der Waals surface area contributed by atoms with Gasteiger partial charge in [0.2, 0.25) is 0 Å². The summed E-state index contributed by atoms with van der Waals surface area (Å²) in [6.45, 7) is 9.28. The summed E-state index contributed by atoms with van der Waals surface area (Å²) in [5.74, 6) is 1.38. The molecule has 1 aromatic rings. The van der Waals surface area contributed by atoms with E-state index in [0.29, 0.717) is 12.0 Å². The van der Waals surface area contributed by atoms with E-state index in [0.717, 1.165) is 18.7 Å². The second-order valence-electron chi connectivity index (χ2n) is 6.81. The largest absolute Gasteiger partial charge is 0.486 e. The van der Waals surface area contributed by atoms with E-state index in [9.17, 15) is 0 Å². The predicted molar refractivity (Wildman–Crippen MR) is 103 cm³/mol. The Morgan fingerprint density at radius 3 is 2.71 bits per heavy atom. The van der Waals surface area contributed by atoms with Crippen LogP contribution in [-0.2, 0) is 4.74 Å². The summed E-state index contributed by atoms with van der Waals surface area (Å²) >= 11 is 0. The molecule has 0 saturated carbocycles. The lowest BCUT2D eigenvalue weighted by Gasteiger charge is -2.28. The van der Waals surface area contributed by atoms with E-state index in [1.54, 1.807) is 6.08 Å². The maximum atomic E-state index is 6.39. The van der Waals surface area contributed by atoms with Crippen molar-refractivity contribution in [3.63, 3.8) is 0 Å². The van der Waals surface area contributed by atoms with Gasteiger partial charge in [0.15, 0.2) is 0 Å². The summed E-state index contributed by atoms with van der Waals surface area (Å²) in [5.41, 5.74) is 1.23. The van der Waals surface area contributed by atoms with E-state index in [1.807, 2.05) is 6.08 Å². The second kappa shape index (κ2) is 10.1. The standard InChI is InChI=1S/C22H31NO/c1-4-10-21(15-14-18(2)3)24-22(19-11-6-5-7-12-19)17-20-13-8-9-16-23-20/h4-7,10-12,14-15,18,20,22-23H,1,8-9,13,16-17H2,2-3H3/b15-14-,21-10+/t20-,22?/m1/s1. The van der Waals surface area contributed by atoms with Crippen LogP contribution in [0.1, 0.15) is 51.2 Å². The molecule has 2 nitrogen and oxygen atoms in total. The van der Waals surface area contributed by atoms with E-state index >= 15 is 0 Å². The third kappa shape index (κ3) is 6.37.